The number of nitrogens with zero attached hydrogens (tertiary/aromatic N) is 2. The van der Waals surface area contributed by atoms with Crippen molar-refractivity contribution in [2.45, 2.75) is 0 Å². The largest absolute Gasteiger partial charge is 2.00 e. The van der Waals surface area contributed by atoms with Crippen LogP contribution in [-0.2, 0) is 26.7 Å². The van der Waals surface area contributed by atoms with Crippen LogP contribution in [0.25, 0.3) is 0 Å². The van der Waals surface area contributed by atoms with Crippen LogP contribution in [0.3, 0.4) is 0 Å². The van der Waals surface area contributed by atoms with Crippen LogP contribution in [0.15, 0.2) is 61.2 Å². The van der Waals surface area contributed by atoms with Crippen molar-refractivity contribution in [2.24, 2.45) is 0 Å². The van der Waals surface area contributed by atoms with E-state index in [1.807, 2.05) is 0 Å². The molecule has 0 radical (unpaired) electrons. The molecule has 2 aromatic rings. The molecule has 8 nitrogen and oxygen atoms in total. The van der Waals surface area contributed by atoms with Crippen LogP contribution in [-0.4, -0.2) is 11.9 Å². The maximum Gasteiger partial charge on any atom is 2.00 e. The van der Waals surface area contributed by atoms with Gasteiger partial charge < -0.3 is 30.2 Å². The van der Waals surface area contributed by atoms with Crippen LogP contribution in [0.1, 0.15) is 0 Å². The van der Waals surface area contributed by atoms with Crippen molar-refractivity contribution in [3.8, 4) is 0 Å². The number of carboxylic acids is 2. The molecule has 0 saturated heterocycles. The van der Waals surface area contributed by atoms with Gasteiger partial charge >= 0.3 is 17.1 Å². The van der Waals surface area contributed by atoms with Gasteiger partial charge in [-0.3, -0.25) is 0 Å². The zero-order chi connectivity index (χ0) is 15.4. The predicted octanol–water partition coefficient (Wildman–Crippen LogP) is -2.88. The molecule has 0 N–H and O–H groups in total. The molecule has 9 heteroatoms. The Balaban J connectivity index is 0. The molecular formula is C12H10FeN2O6. The van der Waals surface area contributed by atoms with E-state index < -0.39 is 11.9 Å². The van der Waals surface area contributed by atoms with E-state index in [1.165, 1.54) is 24.8 Å². The second-order valence-electron chi connectivity index (χ2n) is 3.05. The molecule has 2 heterocycles. The van der Waals surface area contributed by atoms with Gasteiger partial charge in [-0.15, -0.1) is 0 Å². The fourth-order valence-electron chi connectivity index (χ4n) is 0.766. The molecule has 0 fully saturated rings. The minimum atomic E-state index is -2.19. The molecule has 0 unspecified atom stereocenters. The molecule has 0 aliphatic carbocycles. The summed E-state index contributed by atoms with van der Waals surface area (Å²) in [6.45, 7) is 0. The van der Waals surface area contributed by atoms with Crippen molar-refractivity contribution in [3.05, 3.63) is 71.6 Å². The van der Waals surface area contributed by atoms with Crippen LogP contribution in [0, 0.1) is 10.4 Å². The van der Waals surface area contributed by atoms with Gasteiger partial charge in [0.1, 0.15) is 0 Å². The summed E-state index contributed by atoms with van der Waals surface area (Å²) in [7, 11) is 0. The number of aromatic nitrogens is 2. The van der Waals surface area contributed by atoms with Crippen LogP contribution in [0.4, 0.5) is 0 Å². The number of carbonyl (C=O) groups is 2. The van der Waals surface area contributed by atoms with Crippen LogP contribution < -0.4 is 19.7 Å². The van der Waals surface area contributed by atoms with Crippen molar-refractivity contribution in [2.75, 3.05) is 0 Å². The van der Waals surface area contributed by atoms with E-state index in [0.717, 1.165) is 9.46 Å². The van der Waals surface area contributed by atoms with Gasteiger partial charge in [0, 0.05) is 24.3 Å². The molecular weight excluding hydrogens is 324 g/mol. The van der Waals surface area contributed by atoms with Gasteiger partial charge in [0.2, 0.25) is 0 Å². The van der Waals surface area contributed by atoms with E-state index in [0.29, 0.717) is 0 Å². The van der Waals surface area contributed by atoms with E-state index in [9.17, 15) is 10.4 Å². The number of hydrogen-bond acceptors (Lipinski definition) is 6. The first-order valence-corrected chi connectivity index (χ1v) is 5.13. The Hall–Kier alpha value is -2.64. The Morgan fingerprint density at radius 3 is 0.952 bits per heavy atom. The number of carboxylic acid groups (broad SMARTS) is 2. The van der Waals surface area contributed by atoms with Gasteiger partial charge in [0.25, 0.3) is 0 Å². The SMILES string of the molecule is O=C([O-])C(=O)[O-].[Fe+2].[O-][n+]1ccccc1.[O-][n+]1ccccc1. The predicted molar refractivity (Wildman–Crippen MR) is 60.8 cm³/mol. The second kappa shape index (κ2) is 12.4. The summed E-state index contributed by atoms with van der Waals surface area (Å²) in [5.41, 5.74) is 0. The third kappa shape index (κ3) is 13.6. The number of pyridine rings is 2. The quantitative estimate of drug-likeness (QED) is 0.220. The topological polar surface area (TPSA) is 134 Å². The molecule has 0 amide bonds. The average molecular weight is 334 g/mol. The second-order valence-corrected chi connectivity index (χ2v) is 3.05. The third-order valence-electron chi connectivity index (χ3n) is 1.54. The third-order valence-corrected chi connectivity index (χ3v) is 1.54. The van der Waals surface area contributed by atoms with Gasteiger partial charge in [0.15, 0.2) is 24.8 Å². The first-order chi connectivity index (χ1) is 9.43. The number of hydrogen-bond donors (Lipinski definition) is 0. The Morgan fingerprint density at radius 1 is 0.619 bits per heavy atom. The fourth-order valence-corrected chi connectivity index (χ4v) is 0.766. The molecule has 0 bridgehead atoms. The molecule has 0 spiro atoms. The number of aliphatic carboxylic acids is 2. The Labute approximate surface area is 130 Å². The molecule has 2 rings (SSSR count). The van der Waals surface area contributed by atoms with Crippen molar-refractivity contribution < 1.29 is 46.3 Å². The molecule has 0 aliphatic rings. The van der Waals surface area contributed by atoms with Gasteiger partial charge in [-0.2, -0.15) is 9.46 Å². The van der Waals surface area contributed by atoms with E-state index in [-0.39, 0.29) is 17.1 Å². The number of carbonyl (C=O) groups excluding carboxylic acids is 2. The molecule has 21 heavy (non-hydrogen) atoms. The maximum atomic E-state index is 10.2. The molecule has 0 aliphatic heterocycles. The van der Waals surface area contributed by atoms with Crippen molar-refractivity contribution >= 4 is 11.9 Å². The molecule has 2 aromatic heterocycles. The van der Waals surface area contributed by atoms with Gasteiger partial charge in [0.05, 0.1) is 11.9 Å². The zero-order valence-electron chi connectivity index (χ0n) is 10.5. The van der Waals surface area contributed by atoms with Crippen LogP contribution in [0.5, 0.6) is 0 Å². The summed E-state index contributed by atoms with van der Waals surface area (Å²) in [4.78, 5) is 17.9. The Bertz CT molecular complexity index is 474. The monoisotopic (exact) mass is 334 g/mol. The molecule has 0 aromatic carbocycles. The van der Waals surface area contributed by atoms with Gasteiger partial charge in [-0.05, 0) is 0 Å². The smallest absolute Gasteiger partial charge is 0.619 e. The Morgan fingerprint density at radius 2 is 0.857 bits per heavy atom. The molecule has 0 saturated carbocycles. The van der Waals surface area contributed by atoms with Crippen LogP contribution >= 0.6 is 0 Å². The zero-order valence-corrected chi connectivity index (χ0v) is 11.6. The Kier molecular flexibility index (Phi) is 12.2. The summed E-state index contributed by atoms with van der Waals surface area (Å²) in [5, 5.41) is 38.2. The van der Waals surface area contributed by atoms with E-state index in [2.05, 4.69) is 0 Å². The normalized spacial score (nSPS) is 7.81. The summed E-state index contributed by atoms with van der Waals surface area (Å²) in [5.74, 6) is -4.37. The van der Waals surface area contributed by atoms with E-state index in [1.54, 1.807) is 36.4 Å². The number of rotatable bonds is 0. The molecule has 0 atom stereocenters. The minimum Gasteiger partial charge on any atom is -0.619 e. The first-order valence-electron chi connectivity index (χ1n) is 5.13. The minimum absolute atomic E-state index is 0. The van der Waals surface area contributed by atoms with Gasteiger partial charge in [-0.1, -0.05) is 12.1 Å². The average Bonchev–Trinajstić information content (AvgIpc) is 2.42. The molecule has 112 valence electrons. The van der Waals surface area contributed by atoms with Crippen molar-refractivity contribution in [3.63, 3.8) is 0 Å². The van der Waals surface area contributed by atoms with Gasteiger partial charge in [-0.25, -0.2) is 0 Å². The maximum absolute atomic E-state index is 10.2. The van der Waals surface area contributed by atoms with Crippen molar-refractivity contribution in [1.29, 1.82) is 0 Å². The van der Waals surface area contributed by atoms with Crippen molar-refractivity contribution in [1.82, 2.24) is 0 Å². The summed E-state index contributed by atoms with van der Waals surface area (Å²) in [6, 6.07) is 10.4. The standard InChI is InChI=1S/2C5H5NO.C2H2O4.Fe/c2*7-6-4-2-1-3-5-6;3-1(4)2(5)6;/h2*1-5H;(H,3,4)(H,5,6);/q;;;+2/p-2. The summed E-state index contributed by atoms with van der Waals surface area (Å²) in [6.07, 6.45) is 5.78. The van der Waals surface area contributed by atoms with Crippen LogP contribution in [0.2, 0.25) is 0 Å². The first kappa shape index (κ1) is 20.7. The summed E-state index contributed by atoms with van der Waals surface area (Å²) >= 11 is 0. The fraction of sp³-hybridized carbons (Fsp3) is 0. The van der Waals surface area contributed by atoms with E-state index >= 15 is 0 Å². The summed E-state index contributed by atoms with van der Waals surface area (Å²) < 4.78 is 1.50. The van der Waals surface area contributed by atoms with E-state index in [4.69, 9.17) is 19.8 Å².